The Hall–Kier alpha value is -1.43. The average Bonchev–Trinajstić information content (AvgIpc) is 2.66. The fourth-order valence-corrected chi connectivity index (χ4v) is 1.84. The van der Waals surface area contributed by atoms with E-state index in [4.69, 9.17) is 4.74 Å². The molecule has 0 bridgehead atoms. The highest BCUT2D eigenvalue weighted by molar-refractivity contribution is 5.21. The van der Waals surface area contributed by atoms with Gasteiger partial charge >= 0.3 is 5.69 Å². The first-order valence-electron chi connectivity index (χ1n) is 4.97. The van der Waals surface area contributed by atoms with Crippen LogP contribution in [0.1, 0.15) is 25.8 Å². The Balaban J connectivity index is 2.11. The quantitative estimate of drug-likeness (QED) is 0.549. The summed E-state index contributed by atoms with van der Waals surface area (Å²) in [5.74, 6) is 0. The average molecular weight is 211 g/mol. The van der Waals surface area contributed by atoms with Crippen LogP contribution in [0.4, 0.5) is 5.69 Å². The molecular formula is C9H13N3O3. The largest absolute Gasteiger partial charge is 0.378 e. The van der Waals surface area contributed by atoms with Gasteiger partial charge in [-0.05, 0) is 19.8 Å². The third kappa shape index (κ3) is 2.15. The lowest BCUT2D eigenvalue weighted by molar-refractivity contribution is -0.385. The van der Waals surface area contributed by atoms with E-state index >= 15 is 0 Å². The minimum absolute atomic E-state index is 0.0501. The van der Waals surface area contributed by atoms with E-state index in [1.54, 1.807) is 4.68 Å². The van der Waals surface area contributed by atoms with E-state index in [1.807, 2.05) is 6.92 Å². The molecule has 6 heteroatoms. The van der Waals surface area contributed by atoms with Crippen molar-refractivity contribution in [1.29, 1.82) is 0 Å². The molecule has 0 spiro atoms. The Labute approximate surface area is 87.0 Å². The van der Waals surface area contributed by atoms with Gasteiger partial charge in [0.15, 0.2) is 0 Å². The number of hydrogen-bond acceptors (Lipinski definition) is 4. The lowest BCUT2D eigenvalue weighted by atomic mass is 10.1. The first-order chi connectivity index (χ1) is 7.16. The summed E-state index contributed by atoms with van der Waals surface area (Å²) in [5.41, 5.74) is 0.0501. The summed E-state index contributed by atoms with van der Waals surface area (Å²) in [4.78, 5) is 10.1. The lowest BCUT2D eigenvalue weighted by Gasteiger charge is -2.27. The van der Waals surface area contributed by atoms with E-state index in [9.17, 15) is 10.1 Å². The molecule has 2 unspecified atom stereocenters. The molecule has 0 aromatic carbocycles. The Morgan fingerprint density at radius 3 is 3.13 bits per heavy atom. The van der Waals surface area contributed by atoms with Gasteiger partial charge in [-0.2, -0.15) is 5.10 Å². The second-order valence-electron chi connectivity index (χ2n) is 3.80. The molecule has 2 atom stereocenters. The summed E-state index contributed by atoms with van der Waals surface area (Å²) in [7, 11) is 0. The molecule has 0 radical (unpaired) electrons. The van der Waals surface area contributed by atoms with Crippen molar-refractivity contribution in [2.75, 3.05) is 6.61 Å². The van der Waals surface area contributed by atoms with Crippen molar-refractivity contribution in [2.45, 2.75) is 31.9 Å². The van der Waals surface area contributed by atoms with Gasteiger partial charge in [-0.1, -0.05) is 0 Å². The van der Waals surface area contributed by atoms with Gasteiger partial charge in [0.05, 0.1) is 17.1 Å². The zero-order valence-corrected chi connectivity index (χ0v) is 8.50. The first-order valence-corrected chi connectivity index (χ1v) is 4.97. The Bertz CT molecular complexity index is 363. The number of ether oxygens (including phenoxy) is 1. The molecule has 1 aromatic heterocycles. The molecule has 82 valence electrons. The first kappa shape index (κ1) is 10.1. The lowest BCUT2D eigenvalue weighted by Crippen LogP contribution is -2.25. The summed E-state index contributed by atoms with van der Waals surface area (Å²) < 4.78 is 7.09. The maximum atomic E-state index is 10.5. The van der Waals surface area contributed by atoms with Gasteiger partial charge in [0.25, 0.3) is 0 Å². The Morgan fingerprint density at radius 1 is 1.73 bits per heavy atom. The molecule has 1 saturated heterocycles. The van der Waals surface area contributed by atoms with E-state index in [0.29, 0.717) is 6.61 Å². The van der Waals surface area contributed by atoms with Crippen LogP contribution in [0.5, 0.6) is 0 Å². The highest BCUT2D eigenvalue weighted by Crippen LogP contribution is 2.25. The predicted octanol–water partition coefficient (Wildman–Crippen LogP) is 1.53. The van der Waals surface area contributed by atoms with Crippen molar-refractivity contribution in [3.8, 4) is 0 Å². The van der Waals surface area contributed by atoms with Crippen molar-refractivity contribution < 1.29 is 9.66 Å². The smallest absolute Gasteiger partial charge is 0.307 e. The van der Waals surface area contributed by atoms with Crippen LogP contribution in [-0.4, -0.2) is 27.4 Å². The van der Waals surface area contributed by atoms with Crippen LogP contribution in [0, 0.1) is 10.1 Å². The van der Waals surface area contributed by atoms with Crippen LogP contribution < -0.4 is 0 Å². The van der Waals surface area contributed by atoms with Crippen molar-refractivity contribution >= 4 is 5.69 Å². The van der Waals surface area contributed by atoms with Crippen molar-refractivity contribution in [2.24, 2.45) is 0 Å². The molecule has 1 aromatic rings. The summed E-state index contributed by atoms with van der Waals surface area (Å²) in [6.07, 6.45) is 4.71. The molecular weight excluding hydrogens is 198 g/mol. The summed E-state index contributed by atoms with van der Waals surface area (Å²) in [5, 5.41) is 14.5. The second kappa shape index (κ2) is 3.98. The summed E-state index contributed by atoms with van der Waals surface area (Å²) in [6.45, 7) is 2.70. The maximum absolute atomic E-state index is 10.5. The maximum Gasteiger partial charge on any atom is 0.307 e. The fraction of sp³-hybridized carbons (Fsp3) is 0.667. The van der Waals surface area contributed by atoms with Crippen LogP contribution in [0.15, 0.2) is 12.4 Å². The van der Waals surface area contributed by atoms with Gasteiger partial charge < -0.3 is 4.74 Å². The molecule has 0 amide bonds. The number of hydrogen-bond donors (Lipinski definition) is 0. The molecule has 1 aliphatic rings. The molecule has 0 saturated carbocycles. The third-order valence-corrected chi connectivity index (χ3v) is 2.63. The standard InChI is InChI=1S/C9H13N3O3/c1-7-4-8(2-3-15-7)11-6-9(5-10-11)12(13)14/h5-8H,2-4H2,1H3. The Morgan fingerprint density at radius 2 is 2.53 bits per heavy atom. The molecule has 0 N–H and O–H groups in total. The Kier molecular flexibility index (Phi) is 2.68. The van der Waals surface area contributed by atoms with Crippen LogP contribution in [0.25, 0.3) is 0 Å². The minimum atomic E-state index is -0.424. The third-order valence-electron chi connectivity index (χ3n) is 2.63. The zero-order valence-electron chi connectivity index (χ0n) is 8.50. The van der Waals surface area contributed by atoms with E-state index in [2.05, 4.69) is 5.10 Å². The normalized spacial score (nSPS) is 26.5. The number of aromatic nitrogens is 2. The molecule has 2 rings (SSSR count). The highest BCUT2D eigenvalue weighted by atomic mass is 16.6. The van der Waals surface area contributed by atoms with E-state index in [1.165, 1.54) is 12.4 Å². The van der Waals surface area contributed by atoms with Crippen LogP contribution >= 0.6 is 0 Å². The molecule has 2 heterocycles. The molecule has 0 aliphatic carbocycles. The van der Waals surface area contributed by atoms with Crippen molar-refractivity contribution in [1.82, 2.24) is 9.78 Å². The zero-order chi connectivity index (χ0) is 10.8. The summed E-state index contributed by atoms with van der Waals surface area (Å²) >= 11 is 0. The fourth-order valence-electron chi connectivity index (χ4n) is 1.84. The molecule has 15 heavy (non-hydrogen) atoms. The van der Waals surface area contributed by atoms with E-state index < -0.39 is 4.92 Å². The molecule has 1 fully saturated rings. The molecule has 1 aliphatic heterocycles. The van der Waals surface area contributed by atoms with Gasteiger partial charge in [-0.15, -0.1) is 0 Å². The molecule has 6 nitrogen and oxygen atoms in total. The van der Waals surface area contributed by atoms with Crippen LogP contribution in [0.2, 0.25) is 0 Å². The highest BCUT2D eigenvalue weighted by Gasteiger charge is 2.22. The topological polar surface area (TPSA) is 70.2 Å². The monoisotopic (exact) mass is 211 g/mol. The van der Waals surface area contributed by atoms with Gasteiger partial charge in [-0.3, -0.25) is 14.8 Å². The van der Waals surface area contributed by atoms with Gasteiger partial charge in [0.2, 0.25) is 0 Å². The van der Waals surface area contributed by atoms with E-state index in [-0.39, 0.29) is 17.8 Å². The van der Waals surface area contributed by atoms with Gasteiger partial charge in [-0.25, -0.2) is 0 Å². The minimum Gasteiger partial charge on any atom is -0.378 e. The van der Waals surface area contributed by atoms with Crippen molar-refractivity contribution in [3.05, 3.63) is 22.5 Å². The SMILES string of the molecule is CC1CC(n2cc([N+](=O)[O-])cn2)CCO1. The predicted molar refractivity (Wildman–Crippen MR) is 52.6 cm³/mol. The van der Waals surface area contributed by atoms with Gasteiger partial charge in [0, 0.05) is 6.61 Å². The number of nitrogens with zero attached hydrogens (tertiary/aromatic N) is 3. The number of nitro groups is 1. The van der Waals surface area contributed by atoms with Crippen LogP contribution in [0.3, 0.4) is 0 Å². The second-order valence-corrected chi connectivity index (χ2v) is 3.80. The van der Waals surface area contributed by atoms with Crippen LogP contribution in [-0.2, 0) is 4.74 Å². The van der Waals surface area contributed by atoms with E-state index in [0.717, 1.165) is 12.8 Å². The van der Waals surface area contributed by atoms with Crippen molar-refractivity contribution in [3.63, 3.8) is 0 Å². The summed E-state index contributed by atoms with van der Waals surface area (Å²) in [6, 6.07) is 0.224. The number of rotatable bonds is 2. The van der Waals surface area contributed by atoms with Gasteiger partial charge in [0.1, 0.15) is 12.4 Å².